The molecule has 3 aromatic rings. The van der Waals surface area contributed by atoms with E-state index in [9.17, 15) is 4.79 Å². The number of benzene rings is 3. The van der Waals surface area contributed by atoms with E-state index in [2.05, 4.69) is 50.2 Å². The van der Waals surface area contributed by atoms with E-state index < -0.39 is 0 Å². The van der Waals surface area contributed by atoms with Crippen LogP contribution in [0.3, 0.4) is 0 Å². The molecule has 2 nitrogen and oxygen atoms in total. The standard InChI is InChI=1S/C26H28O2S/c1-14-15(2)23-12-19(14)13-24(23)26(27)28-16(3)17-8-9-22-20(10-17)11-18-6-4-5-7-21(18)25(22)29/h4-11,14-16,19,23-24,29H,12-13H2,1-3H3. The second-order valence-corrected chi connectivity index (χ2v) is 9.67. The fourth-order valence-electron chi connectivity index (χ4n) is 5.86. The lowest BCUT2D eigenvalue weighted by Crippen LogP contribution is -2.31. The van der Waals surface area contributed by atoms with Crippen LogP contribution in [-0.4, -0.2) is 5.97 Å². The highest BCUT2D eigenvalue weighted by molar-refractivity contribution is 7.80. The Morgan fingerprint density at radius 2 is 1.76 bits per heavy atom. The van der Waals surface area contributed by atoms with Crippen molar-refractivity contribution >= 4 is 40.1 Å². The lowest BCUT2D eigenvalue weighted by molar-refractivity contribution is -0.156. The van der Waals surface area contributed by atoms with Crippen LogP contribution < -0.4 is 0 Å². The molecule has 3 aromatic carbocycles. The molecule has 2 bridgehead atoms. The number of ether oxygens (including phenoxy) is 1. The zero-order valence-electron chi connectivity index (χ0n) is 17.3. The normalized spacial score (nSPS) is 29.4. The summed E-state index contributed by atoms with van der Waals surface area (Å²) in [6, 6.07) is 16.8. The molecule has 0 heterocycles. The predicted octanol–water partition coefficient (Wildman–Crippen LogP) is 6.81. The molecular formula is C26H28O2S. The molecule has 3 heteroatoms. The largest absolute Gasteiger partial charge is 0.458 e. The minimum atomic E-state index is -0.242. The molecule has 2 aliphatic rings. The van der Waals surface area contributed by atoms with Crippen molar-refractivity contribution < 1.29 is 9.53 Å². The van der Waals surface area contributed by atoms with Crippen LogP contribution in [0.1, 0.15) is 45.3 Å². The first kappa shape index (κ1) is 19.0. The highest BCUT2D eigenvalue weighted by Crippen LogP contribution is 2.55. The zero-order chi connectivity index (χ0) is 20.3. The first-order chi connectivity index (χ1) is 13.9. The average Bonchev–Trinajstić information content (AvgIpc) is 3.28. The summed E-state index contributed by atoms with van der Waals surface area (Å²) in [4.78, 5) is 13.9. The van der Waals surface area contributed by atoms with Gasteiger partial charge in [0.1, 0.15) is 6.10 Å². The summed E-state index contributed by atoms with van der Waals surface area (Å²) in [5.41, 5.74) is 1.04. The smallest absolute Gasteiger partial charge is 0.309 e. The summed E-state index contributed by atoms with van der Waals surface area (Å²) in [6.07, 6.45) is 1.97. The molecule has 0 amide bonds. The molecule has 0 aromatic heterocycles. The molecule has 2 fully saturated rings. The van der Waals surface area contributed by atoms with E-state index in [0.29, 0.717) is 17.8 Å². The Morgan fingerprint density at radius 3 is 2.52 bits per heavy atom. The first-order valence-electron chi connectivity index (χ1n) is 10.8. The molecule has 5 rings (SSSR count). The quantitative estimate of drug-likeness (QED) is 0.295. The minimum absolute atomic E-state index is 0.00255. The van der Waals surface area contributed by atoms with Gasteiger partial charge in [-0.2, -0.15) is 0 Å². The molecule has 2 saturated carbocycles. The van der Waals surface area contributed by atoms with E-state index in [0.717, 1.165) is 39.0 Å². The van der Waals surface area contributed by atoms with E-state index in [4.69, 9.17) is 17.4 Å². The topological polar surface area (TPSA) is 26.3 Å². The molecule has 6 atom stereocenters. The zero-order valence-corrected chi connectivity index (χ0v) is 18.2. The van der Waals surface area contributed by atoms with Crippen LogP contribution in [0.5, 0.6) is 0 Å². The molecule has 0 aliphatic heterocycles. The second-order valence-electron chi connectivity index (χ2n) is 9.23. The van der Waals surface area contributed by atoms with E-state index in [-0.39, 0.29) is 18.0 Å². The van der Waals surface area contributed by atoms with Gasteiger partial charge < -0.3 is 4.74 Å². The van der Waals surface area contributed by atoms with Crippen LogP contribution in [-0.2, 0) is 9.53 Å². The number of thiol groups is 1. The molecule has 0 spiro atoms. The van der Waals surface area contributed by atoms with Gasteiger partial charge in [-0.25, -0.2) is 0 Å². The lowest BCUT2D eigenvalue weighted by Gasteiger charge is -2.31. The minimum Gasteiger partial charge on any atom is -0.458 e. The van der Waals surface area contributed by atoms with Crippen LogP contribution in [0, 0.1) is 29.6 Å². The Morgan fingerprint density at radius 1 is 1.00 bits per heavy atom. The molecule has 29 heavy (non-hydrogen) atoms. The van der Waals surface area contributed by atoms with Gasteiger partial charge in [0.05, 0.1) is 5.92 Å². The van der Waals surface area contributed by atoms with Crippen LogP contribution >= 0.6 is 12.6 Å². The summed E-state index contributed by atoms with van der Waals surface area (Å²) < 4.78 is 5.97. The van der Waals surface area contributed by atoms with E-state index in [1.54, 1.807) is 0 Å². The molecule has 0 saturated heterocycles. The fraction of sp³-hybridized carbons (Fsp3) is 0.423. The Kier molecular flexibility index (Phi) is 4.62. The third kappa shape index (κ3) is 3.06. The van der Waals surface area contributed by atoms with Crippen LogP contribution in [0.4, 0.5) is 0 Å². The number of rotatable bonds is 3. The van der Waals surface area contributed by atoms with Gasteiger partial charge in [-0.15, -0.1) is 12.6 Å². The van der Waals surface area contributed by atoms with E-state index in [1.807, 2.05) is 19.1 Å². The van der Waals surface area contributed by atoms with Gasteiger partial charge in [0, 0.05) is 4.90 Å². The Bertz CT molecular complexity index is 1100. The maximum Gasteiger partial charge on any atom is 0.309 e. The number of fused-ring (bicyclic) bond motifs is 4. The number of carbonyl (C=O) groups is 1. The molecule has 150 valence electrons. The number of esters is 1. The number of carbonyl (C=O) groups excluding carboxylic acids is 1. The van der Waals surface area contributed by atoms with Crippen molar-refractivity contribution in [2.45, 2.75) is 44.6 Å². The predicted molar refractivity (Wildman–Crippen MR) is 121 cm³/mol. The van der Waals surface area contributed by atoms with Gasteiger partial charge in [-0.1, -0.05) is 50.2 Å². The highest BCUT2D eigenvalue weighted by atomic mass is 32.1. The van der Waals surface area contributed by atoms with Crippen LogP contribution in [0.2, 0.25) is 0 Å². The van der Waals surface area contributed by atoms with Crippen molar-refractivity contribution in [1.29, 1.82) is 0 Å². The Hall–Kier alpha value is -2.00. The second kappa shape index (κ2) is 7.05. The molecule has 2 aliphatic carbocycles. The molecule has 0 radical (unpaired) electrons. The summed E-state index contributed by atoms with van der Waals surface area (Å²) in [7, 11) is 0. The van der Waals surface area contributed by atoms with E-state index >= 15 is 0 Å². The van der Waals surface area contributed by atoms with Crippen molar-refractivity contribution in [2.24, 2.45) is 29.6 Å². The van der Waals surface area contributed by atoms with Gasteiger partial charge in [0.25, 0.3) is 0 Å². The number of hydrogen-bond donors (Lipinski definition) is 1. The van der Waals surface area contributed by atoms with Gasteiger partial charge >= 0.3 is 5.97 Å². The van der Waals surface area contributed by atoms with E-state index in [1.165, 1.54) is 11.8 Å². The van der Waals surface area contributed by atoms with Crippen molar-refractivity contribution in [3.05, 3.63) is 54.1 Å². The van der Waals surface area contributed by atoms with Gasteiger partial charge in [0.15, 0.2) is 0 Å². The van der Waals surface area contributed by atoms with Crippen molar-refractivity contribution in [1.82, 2.24) is 0 Å². The van der Waals surface area contributed by atoms with Crippen molar-refractivity contribution in [3.63, 3.8) is 0 Å². The van der Waals surface area contributed by atoms with Crippen LogP contribution in [0.25, 0.3) is 21.5 Å². The molecule has 6 unspecified atom stereocenters. The SMILES string of the molecule is CC(OC(=O)C1CC2CC1C(C)C2C)c1ccc2c(S)c3ccccc3cc2c1. The van der Waals surface area contributed by atoms with Gasteiger partial charge in [-0.05, 0) is 82.7 Å². The molecule has 0 N–H and O–H groups in total. The first-order valence-corrected chi connectivity index (χ1v) is 11.2. The van der Waals surface area contributed by atoms with Gasteiger partial charge in [-0.3, -0.25) is 4.79 Å². The Balaban J connectivity index is 1.39. The maximum absolute atomic E-state index is 12.9. The number of hydrogen-bond acceptors (Lipinski definition) is 3. The maximum atomic E-state index is 12.9. The summed E-state index contributed by atoms with van der Waals surface area (Å²) in [5.74, 6) is 2.66. The fourth-order valence-corrected chi connectivity index (χ4v) is 6.27. The summed E-state index contributed by atoms with van der Waals surface area (Å²) in [5, 5.41) is 4.61. The lowest BCUT2D eigenvalue weighted by atomic mass is 9.76. The highest BCUT2D eigenvalue weighted by Gasteiger charge is 2.51. The van der Waals surface area contributed by atoms with Crippen molar-refractivity contribution in [2.75, 3.05) is 0 Å². The van der Waals surface area contributed by atoms with Crippen LogP contribution in [0.15, 0.2) is 53.4 Å². The Labute approximate surface area is 178 Å². The average molecular weight is 405 g/mol. The molecular weight excluding hydrogens is 376 g/mol. The van der Waals surface area contributed by atoms with Crippen molar-refractivity contribution in [3.8, 4) is 0 Å². The third-order valence-electron chi connectivity index (χ3n) is 7.82. The summed E-state index contributed by atoms with van der Waals surface area (Å²) in [6.45, 7) is 6.63. The third-order valence-corrected chi connectivity index (χ3v) is 8.30. The summed E-state index contributed by atoms with van der Waals surface area (Å²) >= 11 is 4.77. The monoisotopic (exact) mass is 404 g/mol. The van der Waals surface area contributed by atoms with Gasteiger partial charge in [0.2, 0.25) is 0 Å².